The van der Waals surface area contributed by atoms with Gasteiger partial charge in [-0.25, -0.2) is 13.1 Å². The van der Waals surface area contributed by atoms with Crippen molar-refractivity contribution in [3.05, 3.63) is 30.3 Å². The third-order valence-corrected chi connectivity index (χ3v) is 5.32. The summed E-state index contributed by atoms with van der Waals surface area (Å²) in [4.78, 5) is 0.304. The van der Waals surface area contributed by atoms with Crippen molar-refractivity contribution < 1.29 is 8.42 Å². The molecule has 1 N–H and O–H groups in total. The van der Waals surface area contributed by atoms with Crippen molar-refractivity contribution >= 4 is 21.6 Å². The molecule has 1 aliphatic rings. The minimum Gasteiger partial charge on any atom is -0.207 e. The van der Waals surface area contributed by atoms with E-state index in [2.05, 4.69) is 4.72 Å². The van der Waals surface area contributed by atoms with Crippen LogP contribution in [0.25, 0.3) is 0 Å². The highest BCUT2D eigenvalue weighted by Crippen LogP contribution is 2.23. The minimum absolute atomic E-state index is 0.106. The summed E-state index contributed by atoms with van der Waals surface area (Å²) in [5, 5.41) is -0.106. The van der Waals surface area contributed by atoms with E-state index in [0.29, 0.717) is 4.90 Å². The van der Waals surface area contributed by atoms with Crippen LogP contribution in [-0.4, -0.2) is 19.8 Å². The molecule has 1 aliphatic carbocycles. The topological polar surface area (TPSA) is 46.2 Å². The molecule has 2 unspecified atom stereocenters. The Kier molecular flexibility index (Phi) is 4.65. The van der Waals surface area contributed by atoms with Gasteiger partial charge in [0.25, 0.3) is 0 Å². The average Bonchev–Trinajstić information content (AvgIpc) is 2.56. The number of hydrogen-bond donors (Lipinski definition) is 1. The molecule has 0 aliphatic heterocycles. The van der Waals surface area contributed by atoms with E-state index in [1.165, 1.54) is 0 Å². The third kappa shape index (κ3) is 3.46. The molecule has 0 amide bonds. The molecular weight excluding hydrogens is 270 g/mol. The molecule has 5 heteroatoms. The molecule has 3 nitrogen and oxygen atoms in total. The van der Waals surface area contributed by atoms with Crippen molar-refractivity contribution in [2.45, 2.75) is 48.4 Å². The number of hydrogen-bond acceptors (Lipinski definition) is 2. The monoisotopic (exact) mass is 287 g/mol. The number of nitrogens with one attached hydrogen (secondary N) is 1. The summed E-state index contributed by atoms with van der Waals surface area (Å²) in [6, 6.07) is 8.29. The number of rotatable bonds is 3. The maximum Gasteiger partial charge on any atom is 0.240 e. The largest absolute Gasteiger partial charge is 0.240 e. The highest BCUT2D eigenvalue weighted by atomic mass is 35.5. The van der Waals surface area contributed by atoms with Gasteiger partial charge in [0.15, 0.2) is 0 Å². The normalized spacial score (nSPS) is 25.6. The van der Waals surface area contributed by atoms with Gasteiger partial charge in [0, 0.05) is 11.4 Å². The Morgan fingerprint density at radius 2 is 1.72 bits per heavy atom. The van der Waals surface area contributed by atoms with Gasteiger partial charge in [-0.05, 0) is 25.0 Å². The first-order chi connectivity index (χ1) is 8.59. The molecule has 0 aromatic heterocycles. The predicted octanol–water partition coefficient (Wildman–Crippen LogP) is 2.91. The Bertz CT molecular complexity index is 475. The van der Waals surface area contributed by atoms with Crippen molar-refractivity contribution in [1.29, 1.82) is 0 Å². The van der Waals surface area contributed by atoms with Crippen molar-refractivity contribution in [2.75, 3.05) is 0 Å². The van der Waals surface area contributed by atoms with Crippen LogP contribution in [0.4, 0.5) is 0 Å². The molecule has 2 atom stereocenters. The molecule has 0 heterocycles. The number of sulfonamides is 1. The van der Waals surface area contributed by atoms with Crippen LogP contribution in [0.5, 0.6) is 0 Å². The Morgan fingerprint density at radius 3 is 2.44 bits per heavy atom. The van der Waals surface area contributed by atoms with Crippen molar-refractivity contribution in [1.82, 2.24) is 4.72 Å². The van der Waals surface area contributed by atoms with Crippen LogP contribution in [-0.2, 0) is 10.0 Å². The number of alkyl halides is 1. The molecule has 0 saturated heterocycles. The van der Waals surface area contributed by atoms with E-state index in [1.54, 1.807) is 30.3 Å². The fourth-order valence-electron chi connectivity index (χ4n) is 2.26. The van der Waals surface area contributed by atoms with Crippen LogP contribution in [0.1, 0.15) is 32.1 Å². The van der Waals surface area contributed by atoms with Gasteiger partial charge < -0.3 is 0 Å². The van der Waals surface area contributed by atoms with Crippen LogP contribution in [0.3, 0.4) is 0 Å². The van der Waals surface area contributed by atoms with Crippen molar-refractivity contribution in [3.63, 3.8) is 0 Å². The Balaban J connectivity index is 2.12. The summed E-state index contributed by atoms with van der Waals surface area (Å²) in [6.45, 7) is 0. The zero-order valence-corrected chi connectivity index (χ0v) is 11.8. The van der Waals surface area contributed by atoms with E-state index in [0.717, 1.165) is 32.1 Å². The zero-order valence-electron chi connectivity index (χ0n) is 10.2. The number of halogens is 1. The lowest BCUT2D eigenvalue weighted by Gasteiger charge is -2.21. The fraction of sp³-hybridized carbons (Fsp3) is 0.538. The summed E-state index contributed by atoms with van der Waals surface area (Å²) >= 11 is 6.25. The first-order valence-corrected chi connectivity index (χ1v) is 8.23. The first-order valence-electron chi connectivity index (χ1n) is 6.31. The maximum atomic E-state index is 12.2. The third-order valence-electron chi connectivity index (χ3n) is 3.29. The molecule has 2 rings (SSSR count). The lowest BCUT2D eigenvalue weighted by Crippen LogP contribution is -2.40. The second kappa shape index (κ2) is 6.04. The molecule has 0 bridgehead atoms. The molecule has 1 saturated carbocycles. The molecule has 100 valence electrons. The lowest BCUT2D eigenvalue weighted by molar-refractivity contribution is 0.514. The van der Waals surface area contributed by atoms with Gasteiger partial charge in [0.05, 0.1) is 4.90 Å². The van der Waals surface area contributed by atoms with E-state index in [9.17, 15) is 8.42 Å². The van der Waals surface area contributed by atoms with Crippen LogP contribution >= 0.6 is 11.6 Å². The van der Waals surface area contributed by atoms with Crippen LogP contribution in [0.2, 0.25) is 0 Å². The molecule has 1 aromatic rings. The fourth-order valence-corrected chi connectivity index (χ4v) is 4.01. The van der Waals surface area contributed by atoms with E-state index < -0.39 is 10.0 Å². The van der Waals surface area contributed by atoms with E-state index in [1.807, 2.05) is 0 Å². The number of benzene rings is 1. The van der Waals surface area contributed by atoms with E-state index >= 15 is 0 Å². The SMILES string of the molecule is O=S(=O)(NC1CCCCCC1Cl)c1ccccc1. The van der Waals surface area contributed by atoms with E-state index in [4.69, 9.17) is 11.6 Å². The minimum atomic E-state index is -3.44. The highest BCUT2D eigenvalue weighted by molar-refractivity contribution is 7.89. The smallest absolute Gasteiger partial charge is 0.207 e. The molecule has 1 aromatic carbocycles. The van der Waals surface area contributed by atoms with Gasteiger partial charge in [0.2, 0.25) is 10.0 Å². The summed E-state index contributed by atoms with van der Waals surface area (Å²) in [6.07, 6.45) is 4.94. The maximum absolute atomic E-state index is 12.2. The Labute approximate surface area is 114 Å². The van der Waals surface area contributed by atoms with Crippen molar-refractivity contribution in [2.24, 2.45) is 0 Å². The highest BCUT2D eigenvalue weighted by Gasteiger charge is 2.26. The molecule has 0 spiro atoms. The van der Waals surface area contributed by atoms with Crippen LogP contribution < -0.4 is 4.72 Å². The van der Waals surface area contributed by atoms with Gasteiger partial charge in [-0.3, -0.25) is 0 Å². The van der Waals surface area contributed by atoms with Gasteiger partial charge in [0.1, 0.15) is 0 Å². The molecule has 18 heavy (non-hydrogen) atoms. The Hall–Kier alpha value is -0.580. The van der Waals surface area contributed by atoms with Crippen LogP contribution in [0.15, 0.2) is 35.2 Å². The predicted molar refractivity (Wildman–Crippen MR) is 73.3 cm³/mol. The second-order valence-corrected chi connectivity index (χ2v) is 6.97. The van der Waals surface area contributed by atoms with Gasteiger partial charge >= 0.3 is 0 Å². The molecular formula is C13H18ClNO2S. The Morgan fingerprint density at radius 1 is 1.06 bits per heavy atom. The quantitative estimate of drug-likeness (QED) is 0.686. The van der Waals surface area contributed by atoms with Crippen molar-refractivity contribution in [3.8, 4) is 0 Å². The average molecular weight is 288 g/mol. The standard InChI is InChI=1S/C13H18ClNO2S/c14-12-9-5-2-6-10-13(12)15-18(16,17)11-7-3-1-4-8-11/h1,3-4,7-8,12-13,15H,2,5-6,9-10H2. The van der Waals surface area contributed by atoms with Gasteiger partial charge in [-0.2, -0.15) is 0 Å². The second-order valence-electron chi connectivity index (χ2n) is 4.69. The van der Waals surface area contributed by atoms with Gasteiger partial charge in [-0.1, -0.05) is 37.5 Å². The van der Waals surface area contributed by atoms with E-state index in [-0.39, 0.29) is 11.4 Å². The van der Waals surface area contributed by atoms with Crippen LogP contribution in [0, 0.1) is 0 Å². The summed E-state index contributed by atoms with van der Waals surface area (Å²) < 4.78 is 27.1. The summed E-state index contributed by atoms with van der Waals surface area (Å²) in [7, 11) is -3.44. The summed E-state index contributed by atoms with van der Waals surface area (Å²) in [5.74, 6) is 0. The zero-order chi connectivity index (χ0) is 13.0. The molecule has 1 fully saturated rings. The summed E-state index contributed by atoms with van der Waals surface area (Å²) in [5.41, 5.74) is 0. The molecule has 0 radical (unpaired) electrons. The lowest BCUT2D eigenvalue weighted by atomic mass is 10.1. The first kappa shape index (κ1) is 13.8. The van der Waals surface area contributed by atoms with Gasteiger partial charge in [-0.15, -0.1) is 11.6 Å².